The topological polar surface area (TPSA) is 43.8 Å². The summed E-state index contributed by atoms with van der Waals surface area (Å²) in [6, 6.07) is 8.24. The Hall–Kier alpha value is -1.77. The molecule has 0 aliphatic rings. The minimum absolute atomic E-state index is 0.763. The van der Waals surface area contributed by atoms with E-state index >= 15 is 0 Å². The lowest BCUT2D eigenvalue weighted by Gasteiger charge is -2.06. The molecule has 0 aliphatic heterocycles. The van der Waals surface area contributed by atoms with Crippen LogP contribution in [0.5, 0.6) is 0 Å². The molecule has 0 spiro atoms. The van der Waals surface area contributed by atoms with Crippen LogP contribution in [-0.2, 0) is 6.42 Å². The van der Waals surface area contributed by atoms with Crippen molar-refractivity contribution in [1.82, 2.24) is 9.78 Å². The summed E-state index contributed by atoms with van der Waals surface area (Å²) in [4.78, 5) is 0. The zero-order valence-corrected chi connectivity index (χ0v) is 9.07. The summed E-state index contributed by atoms with van der Waals surface area (Å²) in [5, 5.41) is 4.29. The van der Waals surface area contributed by atoms with Crippen molar-refractivity contribution in [2.24, 2.45) is 0 Å². The van der Waals surface area contributed by atoms with Gasteiger partial charge in [0, 0.05) is 0 Å². The number of nitrogen functional groups attached to an aromatic ring is 1. The average molecular weight is 201 g/mol. The van der Waals surface area contributed by atoms with E-state index in [1.165, 1.54) is 5.56 Å². The molecular formula is C12H15N3. The molecule has 2 N–H and O–H groups in total. The molecule has 0 radical (unpaired) electrons. The zero-order valence-electron chi connectivity index (χ0n) is 9.07. The SMILES string of the molecule is CCc1c(N)cnn1-c1cccc(C)c1. The first-order chi connectivity index (χ1) is 7.22. The predicted molar refractivity (Wildman–Crippen MR) is 62.1 cm³/mol. The summed E-state index contributed by atoms with van der Waals surface area (Å²) in [6.07, 6.45) is 2.60. The number of rotatable bonds is 2. The number of anilines is 1. The van der Waals surface area contributed by atoms with Crippen molar-refractivity contribution in [2.75, 3.05) is 5.73 Å². The molecule has 0 amide bonds. The number of hydrogen-bond acceptors (Lipinski definition) is 2. The lowest BCUT2D eigenvalue weighted by molar-refractivity contribution is 0.814. The Balaban J connectivity index is 2.54. The molecule has 78 valence electrons. The van der Waals surface area contributed by atoms with Crippen LogP contribution in [0, 0.1) is 6.92 Å². The van der Waals surface area contributed by atoms with Gasteiger partial charge >= 0.3 is 0 Å². The molecule has 3 heteroatoms. The van der Waals surface area contributed by atoms with Gasteiger partial charge in [-0.3, -0.25) is 0 Å². The highest BCUT2D eigenvalue weighted by molar-refractivity contribution is 5.46. The van der Waals surface area contributed by atoms with E-state index in [0.29, 0.717) is 0 Å². The Bertz CT molecular complexity index is 471. The molecule has 1 aromatic heterocycles. The van der Waals surface area contributed by atoms with Crippen molar-refractivity contribution in [3.8, 4) is 5.69 Å². The molecule has 0 saturated heterocycles. The summed E-state index contributed by atoms with van der Waals surface area (Å²) in [7, 11) is 0. The number of hydrogen-bond donors (Lipinski definition) is 1. The van der Waals surface area contributed by atoms with Gasteiger partial charge in [-0.2, -0.15) is 5.10 Å². The predicted octanol–water partition coefficient (Wildman–Crippen LogP) is 2.33. The molecule has 0 saturated carbocycles. The minimum Gasteiger partial charge on any atom is -0.396 e. The van der Waals surface area contributed by atoms with Gasteiger partial charge in [-0.1, -0.05) is 19.1 Å². The number of nitrogens with zero attached hydrogens (tertiary/aromatic N) is 2. The quantitative estimate of drug-likeness (QED) is 0.810. The molecule has 3 nitrogen and oxygen atoms in total. The highest BCUT2D eigenvalue weighted by atomic mass is 15.3. The van der Waals surface area contributed by atoms with Crippen LogP contribution in [0.1, 0.15) is 18.2 Å². The Kier molecular flexibility index (Phi) is 2.46. The van der Waals surface area contributed by atoms with Crippen molar-refractivity contribution < 1.29 is 0 Å². The van der Waals surface area contributed by atoms with Crippen molar-refractivity contribution >= 4 is 5.69 Å². The van der Waals surface area contributed by atoms with Crippen LogP contribution < -0.4 is 5.73 Å². The third-order valence-corrected chi connectivity index (χ3v) is 2.48. The number of aryl methyl sites for hydroxylation is 1. The van der Waals surface area contributed by atoms with E-state index in [0.717, 1.165) is 23.5 Å². The maximum atomic E-state index is 5.84. The van der Waals surface area contributed by atoms with E-state index in [1.54, 1.807) is 6.20 Å². The molecule has 0 bridgehead atoms. The van der Waals surface area contributed by atoms with Gasteiger partial charge in [0.2, 0.25) is 0 Å². The normalized spacial score (nSPS) is 10.5. The lowest BCUT2D eigenvalue weighted by atomic mass is 10.2. The Labute approximate surface area is 89.5 Å². The number of aromatic nitrogens is 2. The molecule has 0 atom stereocenters. The second-order valence-electron chi connectivity index (χ2n) is 3.65. The van der Waals surface area contributed by atoms with Gasteiger partial charge < -0.3 is 5.73 Å². The summed E-state index contributed by atoms with van der Waals surface area (Å²) in [5.41, 5.74) is 9.98. The third-order valence-electron chi connectivity index (χ3n) is 2.48. The zero-order chi connectivity index (χ0) is 10.8. The highest BCUT2D eigenvalue weighted by Crippen LogP contribution is 2.17. The van der Waals surface area contributed by atoms with E-state index in [-0.39, 0.29) is 0 Å². The van der Waals surface area contributed by atoms with Gasteiger partial charge in [0.1, 0.15) is 0 Å². The second-order valence-corrected chi connectivity index (χ2v) is 3.65. The molecule has 0 unspecified atom stereocenters. The fraction of sp³-hybridized carbons (Fsp3) is 0.250. The molecule has 1 aromatic carbocycles. The molecular weight excluding hydrogens is 186 g/mol. The first-order valence-electron chi connectivity index (χ1n) is 5.11. The number of nitrogens with two attached hydrogens (primary N) is 1. The summed E-state index contributed by atoms with van der Waals surface area (Å²) < 4.78 is 1.91. The largest absolute Gasteiger partial charge is 0.396 e. The van der Waals surface area contributed by atoms with Crippen molar-refractivity contribution in [3.05, 3.63) is 41.7 Å². The first kappa shape index (κ1) is 9.77. The van der Waals surface area contributed by atoms with Crippen LogP contribution in [0.4, 0.5) is 5.69 Å². The van der Waals surface area contributed by atoms with Gasteiger partial charge in [0.15, 0.2) is 0 Å². The fourth-order valence-corrected chi connectivity index (χ4v) is 1.72. The van der Waals surface area contributed by atoms with Crippen molar-refractivity contribution in [2.45, 2.75) is 20.3 Å². The molecule has 0 aliphatic carbocycles. The van der Waals surface area contributed by atoms with Crippen molar-refractivity contribution in [1.29, 1.82) is 0 Å². The smallest absolute Gasteiger partial charge is 0.0737 e. The van der Waals surface area contributed by atoms with Crippen molar-refractivity contribution in [3.63, 3.8) is 0 Å². The Morgan fingerprint density at radius 1 is 1.40 bits per heavy atom. The standard InChI is InChI=1S/C12H15N3/c1-3-12-11(13)8-14-15(12)10-6-4-5-9(2)7-10/h4-8H,3,13H2,1-2H3. The van der Waals surface area contributed by atoms with E-state index < -0.39 is 0 Å². The van der Waals surface area contributed by atoms with Crippen LogP contribution >= 0.6 is 0 Å². The fourth-order valence-electron chi connectivity index (χ4n) is 1.72. The Morgan fingerprint density at radius 3 is 2.87 bits per heavy atom. The minimum atomic E-state index is 0.763. The van der Waals surface area contributed by atoms with Crippen LogP contribution in [0.3, 0.4) is 0 Å². The van der Waals surface area contributed by atoms with Crippen LogP contribution in [0.2, 0.25) is 0 Å². The number of benzene rings is 1. The molecule has 0 fully saturated rings. The van der Waals surface area contributed by atoms with E-state index in [2.05, 4.69) is 31.1 Å². The summed E-state index contributed by atoms with van der Waals surface area (Å²) in [6.45, 7) is 4.15. The van der Waals surface area contributed by atoms with Crippen LogP contribution in [0.15, 0.2) is 30.5 Å². The van der Waals surface area contributed by atoms with Crippen LogP contribution in [-0.4, -0.2) is 9.78 Å². The van der Waals surface area contributed by atoms with E-state index in [4.69, 9.17) is 5.73 Å². The van der Waals surface area contributed by atoms with Gasteiger partial charge in [-0.05, 0) is 31.0 Å². The van der Waals surface area contributed by atoms with Gasteiger partial charge in [0.05, 0.1) is 23.3 Å². The maximum absolute atomic E-state index is 5.84. The monoisotopic (exact) mass is 201 g/mol. The maximum Gasteiger partial charge on any atom is 0.0737 e. The lowest BCUT2D eigenvalue weighted by Crippen LogP contribution is -2.02. The third kappa shape index (κ3) is 1.73. The van der Waals surface area contributed by atoms with Crippen LogP contribution in [0.25, 0.3) is 5.69 Å². The van der Waals surface area contributed by atoms with Gasteiger partial charge in [0.25, 0.3) is 0 Å². The Morgan fingerprint density at radius 2 is 2.20 bits per heavy atom. The molecule has 1 heterocycles. The molecule has 15 heavy (non-hydrogen) atoms. The first-order valence-corrected chi connectivity index (χ1v) is 5.11. The van der Waals surface area contributed by atoms with E-state index in [9.17, 15) is 0 Å². The highest BCUT2D eigenvalue weighted by Gasteiger charge is 2.07. The molecule has 2 aromatic rings. The summed E-state index contributed by atoms with van der Waals surface area (Å²) in [5.74, 6) is 0. The van der Waals surface area contributed by atoms with Gasteiger partial charge in [-0.25, -0.2) is 4.68 Å². The summed E-state index contributed by atoms with van der Waals surface area (Å²) >= 11 is 0. The van der Waals surface area contributed by atoms with E-state index in [1.807, 2.05) is 16.8 Å². The molecule has 2 rings (SSSR count). The average Bonchev–Trinajstić information content (AvgIpc) is 2.59. The van der Waals surface area contributed by atoms with Gasteiger partial charge in [-0.15, -0.1) is 0 Å². The second kappa shape index (κ2) is 3.77.